The third-order valence-corrected chi connectivity index (χ3v) is 4.34. The highest BCUT2D eigenvalue weighted by Crippen LogP contribution is 2.27. The van der Waals surface area contributed by atoms with Crippen LogP contribution in [0, 0.1) is 5.92 Å². The van der Waals surface area contributed by atoms with Gasteiger partial charge in [-0.3, -0.25) is 4.99 Å². The first kappa shape index (κ1) is 22.6. The summed E-state index contributed by atoms with van der Waals surface area (Å²) < 4.78 is 16.8. The molecule has 0 saturated heterocycles. The van der Waals surface area contributed by atoms with Crippen molar-refractivity contribution < 1.29 is 14.2 Å². The molecule has 0 aliphatic carbocycles. The molecule has 29 heavy (non-hydrogen) atoms. The van der Waals surface area contributed by atoms with Crippen LogP contribution >= 0.6 is 0 Å². The van der Waals surface area contributed by atoms with E-state index < -0.39 is 0 Å². The Balaban J connectivity index is 1.73. The Bertz CT molecular complexity index is 750. The van der Waals surface area contributed by atoms with Crippen LogP contribution in [-0.4, -0.2) is 39.9 Å². The smallest absolute Gasteiger partial charge is 0.191 e. The summed E-state index contributed by atoms with van der Waals surface area (Å²) in [4.78, 5) is 4.29. The minimum Gasteiger partial charge on any atom is -0.493 e. The molecule has 158 valence electrons. The number of rotatable bonds is 11. The molecule has 2 rings (SSSR count). The average molecular weight is 400 g/mol. The van der Waals surface area contributed by atoms with Crippen molar-refractivity contribution in [3.63, 3.8) is 0 Å². The van der Waals surface area contributed by atoms with Gasteiger partial charge in [0.05, 0.1) is 26.9 Å². The van der Waals surface area contributed by atoms with Crippen molar-refractivity contribution in [2.24, 2.45) is 10.9 Å². The lowest BCUT2D eigenvalue weighted by molar-refractivity contribution is 0.0931. The molecule has 1 unspecified atom stereocenters. The number of ether oxygens (including phenoxy) is 3. The molecule has 2 aromatic carbocycles. The van der Waals surface area contributed by atoms with Crippen LogP contribution in [0.4, 0.5) is 0 Å². The van der Waals surface area contributed by atoms with Crippen molar-refractivity contribution in [3.05, 3.63) is 59.7 Å². The molecule has 1 atom stereocenters. The first-order chi connectivity index (χ1) is 14.2. The van der Waals surface area contributed by atoms with Gasteiger partial charge in [0.2, 0.25) is 0 Å². The molecule has 0 aromatic heterocycles. The molecule has 2 N–H and O–H groups in total. The van der Waals surface area contributed by atoms with Crippen molar-refractivity contribution in [2.45, 2.75) is 27.0 Å². The van der Waals surface area contributed by atoms with Gasteiger partial charge in [0.15, 0.2) is 17.5 Å². The molecular formula is C23H33N3O3. The van der Waals surface area contributed by atoms with Crippen molar-refractivity contribution in [1.82, 2.24) is 10.6 Å². The van der Waals surface area contributed by atoms with E-state index in [1.165, 1.54) is 5.56 Å². The molecular weight excluding hydrogens is 366 g/mol. The number of hydrogen-bond acceptors (Lipinski definition) is 4. The Morgan fingerprint density at radius 1 is 1.03 bits per heavy atom. The summed E-state index contributed by atoms with van der Waals surface area (Å²) in [5.41, 5.74) is 2.28. The second kappa shape index (κ2) is 12.7. The first-order valence-corrected chi connectivity index (χ1v) is 10.0. The fourth-order valence-corrected chi connectivity index (χ4v) is 2.79. The second-order valence-electron chi connectivity index (χ2n) is 6.83. The molecule has 0 aliphatic rings. The SMILES string of the molecule is CCOc1cc(CNC(=NC)NCC(C)COCc2ccccc2)ccc1OC. The van der Waals surface area contributed by atoms with Crippen LogP contribution in [0.2, 0.25) is 0 Å². The van der Waals surface area contributed by atoms with Gasteiger partial charge in [0.25, 0.3) is 0 Å². The molecule has 0 aliphatic heterocycles. The third kappa shape index (κ3) is 8.03. The highest BCUT2D eigenvalue weighted by molar-refractivity contribution is 5.79. The lowest BCUT2D eigenvalue weighted by Gasteiger charge is -2.17. The molecule has 6 nitrogen and oxygen atoms in total. The highest BCUT2D eigenvalue weighted by atomic mass is 16.5. The summed E-state index contributed by atoms with van der Waals surface area (Å²) >= 11 is 0. The van der Waals surface area contributed by atoms with Crippen LogP contribution in [0.15, 0.2) is 53.5 Å². The van der Waals surface area contributed by atoms with E-state index in [0.29, 0.717) is 32.3 Å². The second-order valence-corrected chi connectivity index (χ2v) is 6.83. The van der Waals surface area contributed by atoms with Gasteiger partial charge in [-0.05, 0) is 36.1 Å². The lowest BCUT2D eigenvalue weighted by atomic mass is 10.2. The molecule has 0 spiro atoms. The number of benzene rings is 2. The third-order valence-electron chi connectivity index (χ3n) is 4.34. The predicted molar refractivity (Wildman–Crippen MR) is 118 cm³/mol. The van der Waals surface area contributed by atoms with Crippen molar-refractivity contribution >= 4 is 5.96 Å². The van der Waals surface area contributed by atoms with Crippen molar-refractivity contribution in [3.8, 4) is 11.5 Å². The van der Waals surface area contributed by atoms with E-state index >= 15 is 0 Å². The molecule has 0 fully saturated rings. The molecule has 0 bridgehead atoms. The minimum absolute atomic E-state index is 0.364. The number of guanidine groups is 1. The van der Waals surface area contributed by atoms with E-state index in [1.807, 2.05) is 43.3 Å². The number of methoxy groups -OCH3 is 1. The molecule has 0 radical (unpaired) electrons. The summed E-state index contributed by atoms with van der Waals surface area (Å²) in [5, 5.41) is 6.68. The maximum absolute atomic E-state index is 5.81. The average Bonchev–Trinajstić information content (AvgIpc) is 2.75. The Kier molecular flexibility index (Phi) is 9.86. The Morgan fingerprint density at radius 2 is 1.83 bits per heavy atom. The van der Waals surface area contributed by atoms with Crippen LogP contribution in [-0.2, 0) is 17.9 Å². The summed E-state index contributed by atoms with van der Waals surface area (Å²) in [7, 11) is 3.41. The van der Waals surface area contributed by atoms with Gasteiger partial charge >= 0.3 is 0 Å². The summed E-state index contributed by atoms with van der Waals surface area (Å²) in [5.74, 6) is 2.61. The fraction of sp³-hybridized carbons (Fsp3) is 0.435. The van der Waals surface area contributed by atoms with Gasteiger partial charge in [-0.1, -0.05) is 43.3 Å². The van der Waals surface area contributed by atoms with Gasteiger partial charge in [0.1, 0.15) is 0 Å². The van der Waals surface area contributed by atoms with Crippen molar-refractivity contribution in [2.75, 3.05) is 33.9 Å². The van der Waals surface area contributed by atoms with Crippen LogP contribution in [0.1, 0.15) is 25.0 Å². The van der Waals surface area contributed by atoms with E-state index in [0.717, 1.165) is 29.6 Å². The molecule has 6 heteroatoms. The summed E-state index contributed by atoms with van der Waals surface area (Å²) in [6.07, 6.45) is 0. The zero-order valence-electron chi connectivity index (χ0n) is 17.9. The number of aliphatic imine (C=N–C) groups is 1. The number of hydrogen-bond donors (Lipinski definition) is 2. The van der Waals surface area contributed by atoms with Gasteiger partial charge in [-0.2, -0.15) is 0 Å². The van der Waals surface area contributed by atoms with Crippen LogP contribution in [0.25, 0.3) is 0 Å². The first-order valence-electron chi connectivity index (χ1n) is 10.0. The maximum atomic E-state index is 5.81. The van der Waals surface area contributed by atoms with Crippen LogP contribution in [0.3, 0.4) is 0 Å². The molecule has 0 saturated carbocycles. The topological polar surface area (TPSA) is 64.1 Å². The number of nitrogens with one attached hydrogen (secondary N) is 2. The van der Waals surface area contributed by atoms with Gasteiger partial charge in [-0.15, -0.1) is 0 Å². The van der Waals surface area contributed by atoms with E-state index in [9.17, 15) is 0 Å². The number of nitrogens with zero attached hydrogens (tertiary/aromatic N) is 1. The van der Waals surface area contributed by atoms with Crippen LogP contribution in [0.5, 0.6) is 11.5 Å². The summed E-state index contributed by atoms with van der Waals surface area (Å²) in [6, 6.07) is 16.1. The Labute approximate surface area is 174 Å². The maximum Gasteiger partial charge on any atom is 0.191 e. The largest absolute Gasteiger partial charge is 0.493 e. The van der Waals surface area contributed by atoms with E-state index in [-0.39, 0.29) is 0 Å². The Hall–Kier alpha value is -2.73. The fourth-order valence-electron chi connectivity index (χ4n) is 2.79. The zero-order chi connectivity index (χ0) is 20.9. The standard InChI is InChI=1S/C23H33N3O3/c1-5-29-22-13-20(11-12-21(22)27-4)15-26-23(24-3)25-14-18(2)16-28-17-19-9-7-6-8-10-19/h6-13,18H,5,14-17H2,1-4H3,(H2,24,25,26). The lowest BCUT2D eigenvalue weighted by Crippen LogP contribution is -2.39. The molecule has 2 aromatic rings. The quantitative estimate of drug-likeness (QED) is 0.446. The monoisotopic (exact) mass is 399 g/mol. The molecule has 0 amide bonds. The summed E-state index contributed by atoms with van der Waals surface area (Å²) in [6.45, 7) is 7.46. The highest BCUT2D eigenvalue weighted by Gasteiger charge is 2.07. The minimum atomic E-state index is 0.364. The Morgan fingerprint density at radius 3 is 2.52 bits per heavy atom. The predicted octanol–water partition coefficient (Wildman–Crippen LogP) is 3.61. The van der Waals surface area contributed by atoms with E-state index in [4.69, 9.17) is 14.2 Å². The van der Waals surface area contributed by atoms with Gasteiger partial charge in [-0.25, -0.2) is 0 Å². The van der Waals surface area contributed by atoms with Gasteiger partial charge < -0.3 is 24.8 Å². The molecule has 0 heterocycles. The zero-order valence-corrected chi connectivity index (χ0v) is 17.9. The van der Waals surface area contributed by atoms with E-state index in [1.54, 1.807) is 14.2 Å². The van der Waals surface area contributed by atoms with Crippen LogP contribution < -0.4 is 20.1 Å². The van der Waals surface area contributed by atoms with Gasteiger partial charge in [0, 0.05) is 20.1 Å². The van der Waals surface area contributed by atoms with Crippen molar-refractivity contribution in [1.29, 1.82) is 0 Å². The van der Waals surface area contributed by atoms with E-state index in [2.05, 4.69) is 34.7 Å². The normalized spacial score (nSPS) is 12.3.